The second kappa shape index (κ2) is 5.22. The molecule has 1 aromatic carbocycles. The fraction of sp³-hybridized carbons (Fsp3) is 0.357. The van der Waals surface area contributed by atoms with Gasteiger partial charge in [0.25, 0.3) is 0 Å². The number of amides is 1. The van der Waals surface area contributed by atoms with Gasteiger partial charge in [0, 0.05) is 17.8 Å². The molecule has 5 nitrogen and oxygen atoms in total. The van der Waals surface area contributed by atoms with Gasteiger partial charge in [-0.3, -0.25) is 4.90 Å². The summed E-state index contributed by atoms with van der Waals surface area (Å²) in [4.78, 5) is 13.1. The molecule has 0 fully saturated rings. The lowest BCUT2D eigenvalue weighted by Crippen LogP contribution is -2.34. The van der Waals surface area contributed by atoms with Crippen LogP contribution in [-0.2, 0) is 11.2 Å². The summed E-state index contributed by atoms with van der Waals surface area (Å²) >= 11 is 0. The third-order valence-electron chi connectivity index (χ3n) is 3.14. The molecule has 5 heteroatoms. The van der Waals surface area contributed by atoms with Gasteiger partial charge in [-0.2, -0.15) is 0 Å². The van der Waals surface area contributed by atoms with Gasteiger partial charge in [-0.1, -0.05) is 6.58 Å². The molecule has 0 unspecified atom stereocenters. The molecule has 19 heavy (non-hydrogen) atoms. The van der Waals surface area contributed by atoms with Crippen molar-refractivity contribution < 1.29 is 23.1 Å². The number of hydrogen-bond acceptors (Lipinski definition) is 4. The molecule has 2 rings (SSSR count). The lowest BCUT2D eigenvalue weighted by molar-refractivity contribution is 0.142. The first-order chi connectivity index (χ1) is 10.3. The number of ether oxygens (including phenoxy) is 3. The van der Waals surface area contributed by atoms with Crippen LogP contribution in [0, 0.1) is 0 Å². The Morgan fingerprint density at radius 2 is 2.11 bits per heavy atom. The van der Waals surface area contributed by atoms with Crippen LogP contribution >= 0.6 is 0 Å². The lowest BCUT2D eigenvalue weighted by Gasteiger charge is -2.30. The van der Waals surface area contributed by atoms with E-state index < -0.39 is 13.1 Å². The van der Waals surface area contributed by atoms with Crippen molar-refractivity contribution in [3.05, 3.63) is 29.8 Å². The van der Waals surface area contributed by atoms with Crippen LogP contribution in [0.5, 0.6) is 11.5 Å². The Balaban J connectivity index is 2.44. The van der Waals surface area contributed by atoms with Crippen molar-refractivity contribution in [1.82, 2.24) is 4.90 Å². The third kappa shape index (κ3) is 2.23. The van der Waals surface area contributed by atoms with Gasteiger partial charge < -0.3 is 14.2 Å². The molecule has 0 radical (unpaired) electrons. The highest BCUT2D eigenvalue weighted by Gasteiger charge is 2.26. The summed E-state index contributed by atoms with van der Waals surface area (Å²) in [7, 11) is 0.133. The van der Waals surface area contributed by atoms with Crippen LogP contribution in [0.2, 0.25) is 0 Å². The van der Waals surface area contributed by atoms with Gasteiger partial charge >= 0.3 is 6.09 Å². The fourth-order valence-corrected chi connectivity index (χ4v) is 2.14. The first-order valence-corrected chi connectivity index (χ1v) is 5.71. The molecule has 0 saturated heterocycles. The van der Waals surface area contributed by atoms with Gasteiger partial charge in [0.1, 0.15) is 0 Å². The third-order valence-corrected chi connectivity index (χ3v) is 3.14. The Kier molecular flexibility index (Phi) is 2.67. The standard InChI is InChI=1S/C14H17NO4/c1-9-11-8-13(18-3)12(17-2)7-10(11)5-6-15(9)14(16)19-4/h7-8H,1,5-6H2,2-4H3/i3D3. The normalized spacial score (nSPS) is 16.8. The van der Waals surface area contributed by atoms with Crippen molar-refractivity contribution in [2.24, 2.45) is 0 Å². The van der Waals surface area contributed by atoms with Crippen molar-refractivity contribution in [3.63, 3.8) is 0 Å². The monoisotopic (exact) mass is 266 g/mol. The number of fused-ring (bicyclic) bond motifs is 1. The molecular weight excluding hydrogens is 246 g/mol. The Labute approximate surface area is 116 Å². The van der Waals surface area contributed by atoms with Crippen LogP contribution < -0.4 is 9.47 Å². The number of nitrogens with zero attached hydrogens (tertiary/aromatic N) is 1. The summed E-state index contributed by atoms with van der Waals surface area (Å²) < 4.78 is 36.5. The smallest absolute Gasteiger partial charge is 0.414 e. The van der Waals surface area contributed by atoms with Crippen LogP contribution in [0.3, 0.4) is 0 Å². The highest BCUT2D eigenvalue weighted by atomic mass is 16.5. The zero-order valence-corrected chi connectivity index (χ0v) is 10.9. The average molecular weight is 266 g/mol. The quantitative estimate of drug-likeness (QED) is 0.824. The second-order valence-corrected chi connectivity index (χ2v) is 4.08. The summed E-state index contributed by atoms with van der Waals surface area (Å²) in [6.45, 7) is 4.32. The number of hydrogen-bond donors (Lipinski definition) is 0. The SMILES string of the molecule is [2H]C([2H])([2H])Oc1cc2c(cc1OC)CCN(C(=O)OC)C2=C. The van der Waals surface area contributed by atoms with Gasteiger partial charge in [-0.25, -0.2) is 4.79 Å². The fourth-order valence-electron chi connectivity index (χ4n) is 2.14. The van der Waals surface area contributed by atoms with Crippen molar-refractivity contribution in [3.8, 4) is 11.5 Å². The van der Waals surface area contributed by atoms with Crippen LogP contribution in [0.25, 0.3) is 5.70 Å². The van der Waals surface area contributed by atoms with Gasteiger partial charge in [-0.05, 0) is 24.1 Å². The van der Waals surface area contributed by atoms with E-state index in [-0.39, 0.29) is 5.75 Å². The minimum atomic E-state index is -2.60. The van der Waals surface area contributed by atoms with Crippen LogP contribution in [0.1, 0.15) is 15.2 Å². The highest BCUT2D eigenvalue weighted by molar-refractivity contribution is 5.84. The Hall–Kier alpha value is -2.17. The van der Waals surface area contributed by atoms with E-state index in [1.807, 2.05) is 0 Å². The van der Waals surface area contributed by atoms with Crippen molar-refractivity contribution >= 4 is 11.8 Å². The molecule has 1 aromatic rings. The summed E-state index contributed by atoms with van der Waals surface area (Å²) in [5.74, 6) is 0.406. The molecule has 0 aliphatic carbocycles. The zero-order valence-electron chi connectivity index (χ0n) is 13.9. The maximum Gasteiger partial charge on any atom is 0.414 e. The number of carbonyl (C=O) groups excluding carboxylic acids is 1. The lowest BCUT2D eigenvalue weighted by atomic mass is 9.96. The minimum absolute atomic E-state index is 0.0779. The summed E-state index contributed by atoms with van der Waals surface area (Å²) in [5, 5.41) is 0. The van der Waals surface area contributed by atoms with Crippen molar-refractivity contribution in [2.45, 2.75) is 6.42 Å². The van der Waals surface area contributed by atoms with Gasteiger partial charge in [0.15, 0.2) is 11.5 Å². The molecule has 0 aromatic heterocycles. The van der Waals surface area contributed by atoms with Gasteiger partial charge in [0.05, 0.1) is 25.4 Å². The van der Waals surface area contributed by atoms with Crippen LogP contribution in [-0.4, -0.2) is 38.8 Å². The maximum absolute atomic E-state index is 11.7. The molecule has 0 atom stereocenters. The largest absolute Gasteiger partial charge is 0.493 e. The molecule has 1 heterocycles. The Morgan fingerprint density at radius 3 is 2.74 bits per heavy atom. The molecule has 0 saturated carbocycles. The van der Waals surface area contributed by atoms with Gasteiger partial charge in [-0.15, -0.1) is 0 Å². The summed E-state index contributed by atoms with van der Waals surface area (Å²) in [6, 6.07) is 3.23. The van der Waals surface area contributed by atoms with E-state index in [4.69, 9.17) is 18.3 Å². The van der Waals surface area contributed by atoms with E-state index in [2.05, 4.69) is 6.58 Å². The first-order valence-electron chi connectivity index (χ1n) is 7.21. The van der Waals surface area contributed by atoms with E-state index in [0.717, 1.165) is 5.56 Å². The van der Waals surface area contributed by atoms with Gasteiger partial charge in [0.2, 0.25) is 0 Å². The Morgan fingerprint density at radius 1 is 1.37 bits per heavy atom. The molecule has 0 spiro atoms. The summed E-state index contributed by atoms with van der Waals surface area (Å²) in [6.07, 6.45) is 0.0678. The van der Waals surface area contributed by atoms with Crippen molar-refractivity contribution in [1.29, 1.82) is 0 Å². The Bertz CT molecular complexity index is 613. The second-order valence-electron chi connectivity index (χ2n) is 4.08. The van der Waals surface area contributed by atoms with E-state index >= 15 is 0 Å². The van der Waals surface area contributed by atoms with E-state index in [9.17, 15) is 4.79 Å². The topological polar surface area (TPSA) is 48.0 Å². The molecule has 102 valence electrons. The molecule has 0 bridgehead atoms. The predicted octanol–water partition coefficient (Wildman–Crippen LogP) is 2.30. The first kappa shape index (κ1) is 9.72. The van der Waals surface area contributed by atoms with E-state index in [0.29, 0.717) is 30.0 Å². The van der Waals surface area contributed by atoms with E-state index in [1.165, 1.54) is 25.2 Å². The molecule has 1 aliphatic heterocycles. The highest BCUT2D eigenvalue weighted by Crippen LogP contribution is 2.37. The summed E-state index contributed by atoms with van der Waals surface area (Å²) in [5.41, 5.74) is 1.97. The maximum atomic E-state index is 11.7. The predicted molar refractivity (Wildman–Crippen MR) is 71.4 cm³/mol. The average Bonchev–Trinajstić information content (AvgIpc) is 2.45. The number of methoxy groups -OCH3 is 3. The minimum Gasteiger partial charge on any atom is -0.493 e. The van der Waals surface area contributed by atoms with Crippen LogP contribution in [0.4, 0.5) is 4.79 Å². The molecule has 1 amide bonds. The number of benzene rings is 1. The zero-order chi connectivity index (χ0) is 16.5. The molecular formula is C14H17NO4. The van der Waals surface area contributed by atoms with E-state index in [1.54, 1.807) is 6.07 Å². The van der Waals surface area contributed by atoms with Crippen molar-refractivity contribution in [2.75, 3.05) is 27.8 Å². The number of carbonyl (C=O) groups is 1. The van der Waals surface area contributed by atoms with Crippen LogP contribution in [0.15, 0.2) is 18.7 Å². The number of rotatable bonds is 2. The molecule has 0 N–H and O–H groups in total. The molecule has 1 aliphatic rings.